The van der Waals surface area contributed by atoms with Crippen LogP contribution < -0.4 is 15.2 Å². The van der Waals surface area contributed by atoms with E-state index in [0.29, 0.717) is 24.5 Å². The number of aryl methyl sites for hydroxylation is 1. The second-order valence-corrected chi connectivity index (χ2v) is 6.00. The van der Waals surface area contributed by atoms with Crippen LogP contribution in [0.1, 0.15) is 17.5 Å². The summed E-state index contributed by atoms with van der Waals surface area (Å²) >= 11 is 0. The van der Waals surface area contributed by atoms with Gasteiger partial charge in [-0.2, -0.15) is 0 Å². The summed E-state index contributed by atoms with van der Waals surface area (Å²) in [6.07, 6.45) is 1.98. The van der Waals surface area contributed by atoms with Crippen molar-refractivity contribution in [3.8, 4) is 11.5 Å². The van der Waals surface area contributed by atoms with Gasteiger partial charge in [0.25, 0.3) is 0 Å². The molecular formula is C20H26N2O3. The number of hydrogen-bond donors (Lipinski definition) is 1. The molecule has 0 heterocycles. The molecular weight excluding hydrogens is 316 g/mol. The number of hydrogen-bond acceptors (Lipinski definition) is 4. The first kappa shape index (κ1) is 18.6. The van der Waals surface area contributed by atoms with Gasteiger partial charge in [0.05, 0.1) is 14.2 Å². The van der Waals surface area contributed by atoms with Crippen molar-refractivity contribution in [2.75, 3.05) is 33.5 Å². The first-order chi connectivity index (χ1) is 12.0. The van der Waals surface area contributed by atoms with Gasteiger partial charge >= 0.3 is 0 Å². The van der Waals surface area contributed by atoms with Crippen LogP contribution >= 0.6 is 0 Å². The van der Waals surface area contributed by atoms with Gasteiger partial charge in [0, 0.05) is 25.7 Å². The lowest BCUT2D eigenvalue weighted by molar-refractivity contribution is -0.129. The summed E-state index contributed by atoms with van der Waals surface area (Å²) < 4.78 is 10.6. The molecule has 5 heteroatoms. The van der Waals surface area contributed by atoms with Crippen molar-refractivity contribution in [1.82, 2.24) is 4.90 Å². The smallest absolute Gasteiger partial charge is 0.222 e. The molecule has 2 aromatic rings. The van der Waals surface area contributed by atoms with E-state index in [1.54, 1.807) is 19.1 Å². The van der Waals surface area contributed by atoms with Crippen molar-refractivity contribution >= 4 is 11.6 Å². The molecule has 5 nitrogen and oxygen atoms in total. The fourth-order valence-corrected chi connectivity index (χ4v) is 2.58. The largest absolute Gasteiger partial charge is 0.493 e. The third-order valence-corrected chi connectivity index (χ3v) is 4.22. The molecule has 0 saturated carbocycles. The molecule has 2 rings (SSSR count). The molecule has 25 heavy (non-hydrogen) atoms. The third-order valence-electron chi connectivity index (χ3n) is 4.22. The topological polar surface area (TPSA) is 64.8 Å². The summed E-state index contributed by atoms with van der Waals surface area (Å²) in [5, 5.41) is 0. The summed E-state index contributed by atoms with van der Waals surface area (Å²) in [5.41, 5.74) is 8.64. The van der Waals surface area contributed by atoms with Crippen molar-refractivity contribution in [2.24, 2.45) is 0 Å². The Kier molecular flexibility index (Phi) is 6.69. The number of benzene rings is 2. The highest BCUT2D eigenvalue weighted by Crippen LogP contribution is 2.27. The Hall–Kier alpha value is -2.69. The number of nitrogens with two attached hydrogens (primary N) is 1. The van der Waals surface area contributed by atoms with Crippen LogP contribution in [0.5, 0.6) is 11.5 Å². The highest BCUT2D eigenvalue weighted by Gasteiger charge is 2.10. The molecule has 0 aliphatic heterocycles. The number of amides is 1. The second-order valence-electron chi connectivity index (χ2n) is 6.00. The van der Waals surface area contributed by atoms with Gasteiger partial charge < -0.3 is 20.1 Å². The van der Waals surface area contributed by atoms with Crippen molar-refractivity contribution in [3.63, 3.8) is 0 Å². The average Bonchev–Trinajstić information content (AvgIpc) is 2.65. The number of carbonyl (C=O) groups excluding carboxylic acids is 1. The number of carbonyl (C=O) groups is 1. The highest BCUT2D eigenvalue weighted by atomic mass is 16.5. The van der Waals surface area contributed by atoms with Crippen LogP contribution in [0.3, 0.4) is 0 Å². The zero-order chi connectivity index (χ0) is 18.2. The zero-order valence-electron chi connectivity index (χ0n) is 15.1. The number of nitrogens with zero attached hydrogens (tertiary/aromatic N) is 1. The second kappa shape index (κ2) is 8.97. The molecule has 0 unspecified atom stereocenters. The average molecular weight is 342 g/mol. The molecule has 0 aliphatic carbocycles. The molecule has 0 saturated heterocycles. The Bertz CT molecular complexity index is 699. The van der Waals surface area contributed by atoms with Crippen LogP contribution in [-0.2, 0) is 17.6 Å². The molecule has 0 atom stereocenters. The minimum Gasteiger partial charge on any atom is -0.493 e. The predicted octanol–water partition coefficient (Wildman–Crippen LogP) is 2.92. The summed E-state index contributed by atoms with van der Waals surface area (Å²) in [5.74, 6) is 1.55. The van der Waals surface area contributed by atoms with E-state index < -0.39 is 0 Å². The number of anilines is 1. The number of methoxy groups -OCH3 is 2. The van der Waals surface area contributed by atoms with E-state index in [9.17, 15) is 4.79 Å². The first-order valence-corrected chi connectivity index (χ1v) is 8.32. The molecule has 0 aliphatic rings. The van der Waals surface area contributed by atoms with E-state index in [2.05, 4.69) is 0 Å². The Balaban J connectivity index is 1.83. The van der Waals surface area contributed by atoms with Gasteiger partial charge in [0.15, 0.2) is 11.5 Å². The van der Waals surface area contributed by atoms with E-state index in [0.717, 1.165) is 29.7 Å². The molecule has 0 fully saturated rings. The van der Waals surface area contributed by atoms with Crippen LogP contribution in [0, 0.1) is 0 Å². The van der Waals surface area contributed by atoms with Crippen molar-refractivity contribution in [1.29, 1.82) is 0 Å². The molecule has 0 radical (unpaired) electrons. The van der Waals surface area contributed by atoms with Gasteiger partial charge in [0.1, 0.15) is 0 Å². The lowest BCUT2D eigenvalue weighted by Gasteiger charge is -2.18. The molecule has 2 N–H and O–H groups in total. The van der Waals surface area contributed by atoms with Gasteiger partial charge in [-0.15, -0.1) is 0 Å². The summed E-state index contributed by atoms with van der Waals surface area (Å²) in [6.45, 7) is 0.663. The number of ether oxygens (including phenoxy) is 2. The van der Waals surface area contributed by atoms with E-state index in [-0.39, 0.29) is 5.91 Å². The van der Waals surface area contributed by atoms with E-state index in [4.69, 9.17) is 15.2 Å². The lowest BCUT2D eigenvalue weighted by atomic mass is 10.1. The van der Waals surface area contributed by atoms with Crippen molar-refractivity contribution in [3.05, 3.63) is 53.6 Å². The standard InChI is InChI=1S/C20H26N2O3/c1-22(20(23)11-7-15-4-8-17(21)9-5-15)13-12-16-6-10-18(24-2)19(14-16)25-3/h4-6,8-10,14H,7,11-13,21H2,1-3H3. The van der Waals surface area contributed by atoms with Crippen LogP contribution in [0.4, 0.5) is 5.69 Å². The Morgan fingerprint density at radius 1 is 0.960 bits per heavy atom. The van der Waals surface area contributed by atoms with E-state index in [1.807, 2.05) is 49.5 Å². The Morgan fingerprint density at radius 3 is 2.24 bits per heavy atom. The van der Waals surface area contributed by atoms with Gasteiger partial charge in [-0.25, -0.2) is 0 Å². The highest BCUT2D eigenvalue weighted by molar-refractivity contribution is 5.76. The van der Waals surface area contributed by atoms with Gasteiger partial charge in [-0.05, 0) is 48.2 Å². The Morgan fingerprint density at radius 2 is 1.60 bits per heavy atom. The number of rotatable bonds is 8. The summed E-state index contributed by atoms with van der Waals surface area (Å²) in [6, 6.07) is 13.5. The zero-order valence-corrected chi connectivity index (χ0v) is 15.1. The fraction of sp³-hybridized carbons (Fsp3) is 0.350. The normalized spacial score (nSPS) is 10.4. The first-order valence-electron chi connectivity index (χ1n) is 8.32. The van der Waals surface area contributed by atoms with Crippen molar-refractivity contribution < 1.29 is 14.3 Å². The number of nitrogen functional groups attached to an aromatic ring is 1. The monoisotopic (exact) mass is 342 g/mol. The molecule has 0 spiro atoms. The van der Waals surface area contributed by atoms with Crippen LogP contribution in [-0.4, -0.2) is 38.6 Å². The predicted molar refractivity (Wildman–Crippen MR) is 100 cm³/mol. The van der Waals surface area contributed by atoms with Crippen LogP contribution in [0.25, 0.3) is 0 Å². The Labute approximate surface area is 149 Å². The lowest BCUT2D eigenvalue weighted by Crippen LogP contribution is -2.29. The minimum atomic E-state index is 0.136. The maximum atomic E-state index is 12.3. The quantitative estimate of drug-likeness (QED) is 0.749. The fourth-order valence-electron chi connectivity index (χ4n) is 2.58. The molecule has 2 aromatic carbocycles. The van der Waals surface area contributed by atoms with Crippen LogP contribution in [0.15, 0.2) is 42.5 Å². The molecule has 0 bridgehead atoms. The maximum Gasteiger partial charge on any atom is 0.222 e. The summed E-state index contributed by atoms with van der Waals surface area (Å²) in [4.78, 5) is 14.1. The molecule has 1 amide bonds. The van der Waals surface area contributed by atoms with Gasteiger partial charge in [-0.3, -0.25) is 4.79 Å². The molecule has 0 aromatic heterocycles. The van der Waals surface area contributed by atoms with E-state index in [1.165, 1.54) is 0 Å². The molecule has 134 valence electrons. The van der Waals surface area contributed by atoms with Crippen molar-refractivity contribution in [2.45, 2.75) is 19.3 Å². The summed E-state index contributed by atoms with van der Waals surface area (Å²) in [7, 11) is 5.07. The SMILES string of the molecule is COc1ccc(CCN(C)C(=O)CCc2ccc(N)cc2)cc1OC. The maximum absolute atomic E-state index is 12.3. The third kappa shape index (κ3) is 5.41. The van der Waals surface area contributed by atoms with Gasteiger partial charge in [-0.1, -0.05) is 18.2 Å². The minimum absolute atomic E-state index is 0.136. The number of likely N-dealkylation sites (N-methyl/N-ethyl adjacent to an activating group) is 1. The van der Waals surface area contributed by atoms with Crippen LogP contribution in [0.2, 0.25) is 0 Å². The van der Waals surface area contributed by atoms with E-state index >= 15 is 0 Å². The van der Waals surface area contributed by atoms with Gasteiger partial charge in [0.2, 0.25) is 5.91 Å².